The lowest BCUT2D eigenvalue weighted by atomic mass is 9.93. The van der Waals surface area contributed by atoms with Crippen molar-refractivity contribution in [2.24, 2.45) is 0 Å². The maximum absolute atomic E-state index is 13.8. The third-order valence-electron chi connectivity index (χ3n) is 5.66. The molecular formula is C23H18Cl2FN5O2. The Kier molecular flexibility index (Phi) is 5.64. The molecule has 3 heterocycles. The highest BCUT2D eigenvalue weighted by molar-refractivity contribution is 6.36. The number of nitrogens with one attached hydrogen (secondary N) is 1. The summed E-state index contributed by atoms with van der Waals surface area (Å²) >= 11 is 11.8. The van der Waals surface area contributed by atoms with E-state index in [4.69, 9.17) is 33.0 Å². The predicted octanol–water partition coefficient (Wildman–Crippen LogP) is 4.56. The summed E-state index contributed by atoms with van der Waals surface area (Å²) in [6.45, 7) is 0. The zero-order chi connectivity index (χ0) is 23.1. The van der Waals surface area contributed by atoms with Gasteiger partial charge >= 0.3 is 0 Å². The van der Waals surface area contributed by atoms with E-state index in [-0.39, 0.29) is 21.7 Å². The number of nitrogens with zero attached hydrogens (tertiary/aromatic N) is 4. The number of ether oxygens (including phenoxy) is 1. The first kappa shape index (κ1) is 21.6. The van der Waals surface area contributed by atoms with E-state index in [9.17, 15) is 9.18 Å². The van der Waals surface area contributed by atoms with Crippen LogP contribution >= 0.6 is 23.2 Å². The summed E-state index contributed by atoms with van der Waals surface area (Å²) in [6.07, 6.45) is 5.64. The average molecular weight is 486 g/mol. The third-order valence-corrected chi connectivity index (χ3v) is 6.26. The Morgan fingerprint density at radius 3 is 2.91 bits per heavy atom. The summed E-state index contributed by atoms with van der Waals surface area (Å²) in [5.74, 6) is -0.630. The second-order valence-electron chi connectivity index (χ2n) is 7.76. The summed E-state index contributed by atoms with van der Waals surface area (Å²) in [6, 6.07) is 7.62. The Balaban J connectivity index is 1.39. The number of rotatable bonds is 4. The minimum absolute atomic E-state index is 0.0586. The van der Waals surface area contributed by atoms with Gasteiger partial charge in [-0.1, -0.05) is 23.2 Å². The van der Waals surface area contributed by atoms with Gasteiger partial charge < -0.3 is 10.1 Å². The van der Waals surface area contributed by atoms with Crippen molar-refractivity contribution in [2.45, 2.75) is 25.3 Å². The van der Waals surface area contributed by atoms with Gasteiger partial charge in [0.1, 0.15) is 11.3 Å². The van der Waals surface area contributed by atoms with Gasteiger partial charge in [-0.15, -0.1) is 0 Å². The van der Waals surface area contributed by atoms with Crippen molar-refractivity contribution in [3.8, 4) is 11.6 Å². The number of benzene rings is 1. The first-order chi connectivity index (χ1) is 15.9. The molecule has 3 aromatic heterocycles. The molecule has 5 rings (SSSR count). The smallest absolute Gasteiger partial charge is 0.253 e. The largest absolute Gasteiger partial charge is 0.481 e. The zero-order valence-corrected chi connectivity index (χ0v) is 19.0. The van der Waals surface area contributed by atoms with E-state index in [1.165, 1.54) is 6.07 Å². The van der Waals surface area contributed by atoms with Crippen LogP contribution in [0.15, 0.2) is 42.7 Å². The first-order valence-electron chi connectivity index (χ1n) is 10.3. The fourth-order valence-corrected chi connectivity index (χ4v) is 4.47. The van der Waals surface area contributed by atoms with E-state index in [1.54, 1.807) is 24.1 Å². The van der Waals surface area contributed by atoms with Crippen molar-refractivity contribution in [2.75, 3.05) is 7.11 Å². The second kappa shape index (κ2) is 8.61. The molecule has 10 heteroatoms. The normalized spacial score (nSPS) is 15.3. The van der Waals surface area contributed by atoms with Crippen LogP contribution in [0, 0.1) is 5.82 Å². The molecule has 4 aromatic rings. The topological polar surface area (TPSA) is 81.9 Å². The van der Waals surface area contributed by atoms with Gasteiger partial charge in [-0.05, 0) is 49.1 Å². The fraction of sp³-hybridized carbons (Fsp3) is 0.217. The van der Waals surface area contributed by atoms with Gasteiger partial charge in [0.2, 0.25) is 5.88 Å². The minimum Gasteiger partial charge on any atom is -0.481 e. The monoisotopic (exact) mass is 485 g/mol. The zero-order valence-electron chi connectivity index (χ0n) is 17.5. The van der Waals surface area contributed by atoms with Crippen LogP contribution < -0.4 is 10.1 Å². The van der Waals surface area contributed by atoms with Crippen LogP contribution in [-0.4, -0.2) is 38.8 Å². The van der Waals surface area contributed by atoms with E-state index in [2.05, 4.69) is 15.3 Å². The lowest BCUT2D eigenvalue weighted by Gasteiger charge is -2.22. The van der Waals surface area contributed by atoms with Crippen molar-refractivity contribution < 1.29 is 13.9 Å². The van der Waals surface area contributed by atoms with Gasteiger partial charge in [0.15, 0.2) is 0 Å². The number of carbonyl (C=O) groups is 1. The summed E-state index contributed by atoms with van der Waals surface area (Å²) in [5.41, 5.74) is 4.25. The number of aryl methyl sites for hydroxylation is 1. The van der Waals surface area contributed by atoms with Crippen molar-refractivity contribution in [3.05, 3.63) is 75.4 Å². The predicted molar refractivity (Wildman–Crippen MR) is 123 cm³/mol. The molecule has 168 valence electrons. The van der Waals surface area contributed by atoms with Crippen LogP contribution in [-0.2, 0) is 12.8 Å². The second-order valence-corrected chi connectivity index (χ2v) is 8.57. The number of hydrogen-bond acceptors (Lipinski definition) is 5. The highest BCUT2D eigenvalue weighted by Gasteiger charge is 2.25. The highest BCUT2D eigenvalue weighted by atomic mass is 35.5. The molecule has 1 atom stereocenters. The number of methoxy groups -OCH3 is 1. The van der Waals surface area contributed by atoms with Crippen molar-refractivity contribution in [1.29, 1.82) is 0 Å². The number of pyridine rings is 2. The Bertz CT molecular complexity index is 1390. The van der Waals surface area contributed by atoms with Crippen molar-refractivity contribution >= 4 is 40.1 Å². The molecule has 1 N–H and O–H groups in total. The van der Waals surface area contributed by atoms with E-state index in [0.29, 0.717) is 30.7 Å². The molecule has 0 spiro atoms. The molecule has 0 aliphatic heterocycles. The van der Waals surface area contributed by atoms with Gasteiger partial charge in [-0.3, -0.25) is 9.78 Å². The SMILES string of the molecule is COc1ccc2nccc(-n3cc4c(n3)CCC(NC(=O)c3cc(F)c(Cl)cc3Cl)C4)c2n1. The molecule has 0 saturated heterocycles. The van der Waals surface area contributed by atoms with Gasteiger partial charge in [0.25, 0.3) is 5.91 Å². The highest BCUT2D eigenvalue weighted by Crippen LogP contribution is 2.27. The van der Waals surface area contributed by atoms with Gasteiger partial charge in [-0.2, -0.15) is 5.10 Å². The molecular weight excluding hydrogens is 468 g/mol. The van der Waals surface area contributed by atoms with Crippen molar-refractivity contribution in [3.63, 3.8) is 0 Å². The van der Waals surface area contributed by atoms with Gasteiger partial charge in [-0.25, -0.2) is 14.1 Å². The Morgan fingerprint density at radius 1 is 1.24 bits per heavy atom. The summed E-state index contributed by atoms with van der Waals surface area (Å²) in [5, 5.41) is 7.68. The van der Waals surface area contributed by atoms with Gasteiger partial charge in [0, 0.05) is 24.5 Å². The lowest BCUT2D eigenvalue weighted by Crippen LogP contribution is -2.38. The number of halogens is 3. The number of hydrogen-bond donors (Lipinski definition) is 1. The van der Waals surface area contributed by atoms with E-state index in [0.717, 1.165) is 28.5 Å². The van der Waals surface area contributed by atoms with Crippen LogP contribution in [0.1, 0.15) is 28.0 Å². The standard InChI is InChI=1S/C23H18Cl2FN5O2/c1-33-21-5-4-19-22(29-21)20(6-7-27-19)31-11-12-8-13(2-3-18(12)30-31)28-23(32)14-9-17(26)16(25)10-15(14)24/h4-7,9-11,13H,2-3,8H2,1H3,(H,28,32). The molecule has 1 aliphatic carbocycles. The maximum atomic E-state index is 13.8. The first-order valence-corrected chi connectivity index (χ1v) is 11.0. The molecule has 7 nitrogen and oxygen atoms in total. The fourth-order valence-electron chi connectivity index (χ4n) is 4.00. The molecule has 33 heavy (non-hydrogen) atoms. The Morgan fingerprint density at radius 2 is 2.09 bits per heavy atom. The molecule has 0 radical (unpaired) electrons. The van der Waals surface area contributed by atoms with Crippen molar-refractivity contribution in [1.82, 2.24) is 25.1 Å². The molecule has 1 unspecified atom stereocenters. The number of fused-ring (bicyclic) bond motifs is 2. The van der Waals surface area contributed by atoms with Crippen LogP contribution in [0.4, 0.5) is 4.39 Å². The van der Waals surface area contributed by atoms with Gasteiger partial charge in [0.05, 0.1) is 39.6 Å². The minimum atomic E-state index is -0.687. The summed E-state index contributed by atoms with van der Waals surface area (Å²) in [4.78, 5) is 21.6. The average Bonchev–Trinajstić information content (AvgIpc) is 3.23. The molecule has 0 saturated carbocycles. The number of amides is 1. The van der Waals surface area contributed by atoms with E-state index < -0.39 is 11.7 Å². The van der Waals surface area contributed by atoms with Crippen LogP contribution in [0.3, 0.4) is 0 Å². The van der Waals surface area contributed by atoms with Crippen LogP contribution in [0.25, 0.3) is 16.7 Å². The number of carbonyl (C=O) groups excluding carboxylic acids is 1. The van der Waals surface area contributed by atoms with E-state index >= 15 is 0 Å². The molecule has 1 aromatic carbocycles. The quantitative estimate of drug-likeness (QED) is 0.428. The summed E-state index contributed by atoms with van der Waals surface area (Å²) in [7, 11) is 1.57. The third kappa shape index (κ3) is 4.12. The Hall–Kier alpha value is -3.23. The molecule has 0 bridgehead atoms. The van der Waals surface area contributed by atoms with Crippen LogP contribution in [0.5, 0.6) is 5.88 Å². The lowest BCUT2D eigenvalue weighted by molar-refractivity contribution is 0.0933. The number of aromatic nitrogens is 4. The van der Waals surface area contributed by atoms with Crippen LogP contribution in [0.2, 0.25) is 10.0 Å². The maximum Gasteiger partial charge on any atom is 0.253 e. The molecule has 0 fully saturated rings. The summed E-state index contributed by atoms with van der Waals surface area (Å²) < 4.78 is 20.9. The van der Waals surface area contributed by atoms with E-state index in [1.807, 2.05) is 18.3 Å². The molecule has 1 amide bonds. The molecule has 1 aliphatic rings. The Labute approximate surface area is 198 Å².